The van der Waals surface area contributed by atoms with Crippen molar-refractivity contribution < 1.29 is 19.1 Å². The van der Waals surface area contributed by atoms with E-state index in [4.69, 9.17) is 9.47 Å². The van der Waals surface area contributed by atoms with Crippen molar-refractivity contribution in [2.45, 2.75) is 39.2 Å². The van der Waals surface area contributed by atoms with Crippen LogP contribution in [0.15, 0.2) is 12.7 Å². The second-order valence-corrected chi connectivity index (χ2v) is 5.82. The van der Waals surface area contributed by atoms with Crippen molar-refractivity contribution in [1.82, 2.24) is 5.32 Å². The highest BCUT2D eigenvalue weighted by atomic mass is 16.6. The highest BCUT2D eigenvalue weighted by Gasteiger charge is 2.43. The number of rotatable bonds is 4. The zero-order valence-electron chi connectivity index (χ0n) is 12.0. The lowest BCUT2D eigenvalue weighted by molar-refractivity contribution is -0.173. The lowest BCUT2D eigenvalue weighted by atomic mass is 9.80. The van der Waals surface area contributed by atoms with E-state index in [9.17, 15) is 9.59 Å². The van der Waals surface area contributed by atoms with Crippen LogP contribution < -0.4 is 5.32 Å². The molecule has 0 aliphatic carbocycles. The lowest BCUT2D eigenvalue weighted by Crippen LogP contribution is -2.48. The van der Waals surface area contributed by atoms with Crippen LogP contribution in [0.5, 0.6) is 0 Å². The van der Waals surface area contributed by atoms with E-state index in [1.165, 1.54) is 6.08 Å². The first-order chi connectivity index (χ1) is 8.79. The summed E-state index contributed by atoms with van der Waals surface area (Å²) in [5.41, 5.74) is -1.23. The third kappa shape index (κ3) is 4.67. The van der Waals surface area contributed by atoms with Crippen molar-refractivity contribution >= 4 is 11.9 Å². The van der Waals surface area contributed by atoms with Crippen LogP contribution in [0.4, 0.5) is 0 Å². The second-order valence-electron chi connectivity index (χ2n) is 5.82. The first-order valence-corrected chi connectivity index (χ1v) is 6.50. The Morgan fingerprint density at radius 1 is 1.37 bits per heavy atom. The molecule has 1 heterocycles. The van der Waals surface area contributed by atoms with E-state index in [0.717, 1.165) is 0 Å². The van der Waals surface area contributed by atoms with Gasteiger partial charge >= 0.3 is 5.97 Å². The molecule has 0 aromatic carbocycles. The fraction of sp³-hybridized carbons (Fsp3) is 0.714. The van der Waals surface area contributed by atoms with Gasteiger partial charge in [-0.2, -0.15) is 0 Å². The molecule has 1 N–H and O–H groups in total. The van der Waals surface area contributed by atoms with E-state index in [-0.39, 0.29) is 18.4 Å². The van der Waals surface area contributed by atoms with Crippen molar-refractivity contribution in [1.29, 1.82) is 0 Å². The Morgan fingerprint density at radius 2 is 1.95 bits per heavy atom. The normalized spacial score (nSPS) is 18.5. The summed E-state index contributed by atoms with van der Waals surface area (Å²) in [7, 11) is 0. The number of ether oxygens (including phenoxy) is 2. The fourth-order valence-corrected chi connectivity index (χ4v) is 1.93. The van der Waals surface area contributed by atoms with Crippen molar-refractivity contribution in [3.63, 3.8) is 0 Å². The van der Waals surface area contributed by atoms with Gasteiger partial charge in [0.1, 0.15) is 5.60 Å². The molecule has 0 aromatic heterocycles. The molecule has 1 saturated heterocycles. The highest BCUT2D eigenvalue weighted by Crippen LogP contribution is 2.33. The Bertz CT molecular complexity index is 351. The summed E-state index contributed by atoms with van der Waals surface area (Å²) in [6, 6.07) is 0. The molecule has 0 spiro atoms. The summed E-state index contributed by atoms with van der Waals surface area (Å²) >= 11 is 0. The molecule has 0 saturated carbocycles. The van der Waals surface area contributed by atoms with E-state index in [1.54, 1.807) is 0 Å². The molecular weight excluding hydrogens is 246 g/mol. The monoisotopic (exact) mass is 269 g/mol. The predicted molar refractivity (Wildman–Crippen MR) is 71.5 cm³/mol. The maximum Gasteiger partial charge on any atom is 0.314 e. The largest absolute Gasteiger partial charge is 0.459 e. The zero-order chi connectivity index (χ0) is 14.5. The van der Waals surface area contributed by atoms with Gasteiger partial charge in [0.15, 0.2) is 0 Å². The van der Waals surface area contributed by atoms with Crippen LogP contribution in [0.3, 0.4) is 0 Å². The number of carbonyl (C=O) groups excluding carboxylic acids is 2. The molecule has 0 bridgehead atoms. The Morgan fingerprint density at radius 3 is 2.42 bits per heavy atom. The Kier molecular flexibility index (Phi) is 5.11. The molecule has 1 aliphatic heterocycles. The topological polar surface area (TPSA) is 64.6 Å². The SMILES string of the molecule is C=CC(=O)NCC1(C(=O)OC(C)(C)C)CCOCC1. The van der Waals surface area contributed by atoms with Crippen molar-refractivity contribution in [2.75, 3.05) is 19.8 Å². The van der Waals surface area contributed by atoms with E-state index in [2.05, 4.69) is 11.9 Å². The molecule has 5 nitrogen and oxygen atoms in total. The molecule has 1 rings (SSSR count). The summed E-state index contributed by atoms with van der Waals surface area (Å²) in [6.45, 7) is 10.2. The van der Waals surface area contributed by atoms with Crippen molar-refractivity contribution in [2.24, 2.45) is 5.41 Å². The number of nitrogens with one attached hydrogen (secondary N) is 1. The maximum atomic E-state index is 12.4. The molecule has 0 aromatic rings. The first kappa shape index (κ1) is 15.7. The summed E-state index contributed by atoms with van der Waals surface area (Å²) in [5.74, 6) is -0.554. The molecule has 0 atom stereocenters. The van der Waals surface area contributed by atoms with Gasteiger partial charge in [-0.05, 0) is 39.7 Å². The predicted octanol–water partition coefficient (Wildman–Crippen LogP) is 1.43. The Hall–Kier alpha value is -1.36. The number of hydrogen-bond donors (Lipinski definition) is 1. The van der Waals surface area contributed by atoms with Gasteiger partial charge in [0.05, 0.1) is 5.41 Å². The van der Waals surface area contributed by atoms with Gasteiger partial charge in [-0.15, -0.1) is 0 Å². The van der Waals surface area contributed by atoms with Gasteiger partial charge in [-0.25, -0.2) is 0 Å². The van der Waals surface area contributed by atoms with Gasteiger partial charge in [-0.3, -0.25) is 9.59 Å². The molecule has 0 radical (unpaired) electrons. The van der Waals surface area contributed by atoms with Crippen LogP contribution in [0.2, 0.25) is 0 Å². The van der Waals surface area contributed by atoms with Gasteiger partial charge < -0.3 is 14.8 Å². The lowest BCUT2D eigenvalue weighted by Gasteiger charge is -2.37. The maximum absolute atomic E-state index is 12.4. The van der Waals surface area contributed by atoms with Crippen LogP contribution in [0.1, 0.15) is 33.6 Å². The van der Waals surface area contributed by atoms with Crippen molar-refractivity contribution in [3.05, 3.63) is 12.7 Å². The van der Waals surface area contributed by atoms with E-state index in [1.807, 2.05) is 20.8 Å². The fourth-order valence-electron chi connectivity index (χ4n) is 1.93. The quantitative estimate of drug-likeness (QED) is 0.619. The van der Waals surface area contributed by atoms with Gasteiger partial charge in [0, 0.05) is 19.8 Å². The van der Waals surface area contributed by atoms with Crippen LogP contribution in [-0.2, 0) is 19.1 Å². The van der Waals surface area contributed by atoms with E-state index < -0.39 is 11.0 Å². The highest BCUT2D eigenvalue weighted by molar-refractivity contribution is 5.87. The molecule has 1 amide bonds. The summed E-state index contributed by atoms with van der Waals surface area (Å²) < 4.78 is 10.8. The third-order valence-electron chi connectivity index (χ3n) is 3.07. The Balaban J connectivity index is 2.77. The average molecular weight is 269 g/mol. The zero-order valence-corrected chi connectivity index (χ0v) is 12.0. The van der Waals surface area contributed by atoms with E-state index in [0.29, 0.717) is 26.1 Å². The standard InChI is InChI=1S/C14H23NO4/c1-5-11(16)15-10-14(6-8-18-9-7-14)12(17)19-13(2,3)4/h5H,1,6-10H2,2-4H3,(H,15,16). The molecule has 5 heteroatoms. The minimum Gasteiger partial charge on any atom is -0.459 e. The minimum absolute atomic E-state index is 0.260. The molecule has 1 fully saturated rings. The van der Waals surface area contributed by atoms with E-state index >= 15 is 0 Å². The van der Waals surface area contributed by atoms with Crippen LogP contribution >= 0.6 is 0 Å². The summed E-state index contributed by atoms with van der Waals surface area (Å²) in [4.78, 5) is 23.7. The van der Waals surface area contributed by atoms with Gasteiger partial charge in [0.2, 0.25) is 5.91 Å². The van der Waals surface area contributed by atoms with Crippen LogP contribution in [-0.4, -0.2) is 37.2 Å². The average Bonchev–Trinajstić information content (AvgIpc) is 2.35. The first-order valence-electron chi connectivity index (χ1n) is 6.50. The number of esters is 1. The molecule has 108 valence electrons. The third-order valence-corrected chi connectivity index (χ3v) is 3.07. The summed E-state index contributed by atoms with van der Waals surface area (Å²) in [5, 5.41) is 2.70. The molecule has 1 aliphatic rings. The number of amides is 1. The smallest absolute Gasteiger partial charge is 0.314 e. The van der Waals surface area contributed by atoms with Crippen LogP contribution in [0.25, 0.3) is 0 Å². The molecule has 19 heavy (non-hydrogen) atoms. The number of carbonyl (C=O) groups is 2. The van der Waals surface area contributed by atoms with Gasteiger partial charge in [-0.1, -0.05) is 6.58 Å². The summed E-state index contributed by atoms with van der Waals surface area (Å²) in [6.07, 6.45) is 2.31. The van der Waals surface area contributed by atoms with Crippen molar-refractivity contribution in [3.8, 4) is 0 Å². The molecular formula is C14H23NO4. The molecule has 0 unspecified atom stereocenters. The van der Waals surface area contributed by atoms with Gasteiger partial charge in [0.25, 0.3) is 0 Å². The Labute approximate surface area is 114 Å². The second kappa shape index (κ2) is 6.19. The number of hydrogen-bond acceptors (Lipinski definition) is 4. The minimum atomic E-state index is -0.690. The van der Waals surface area contributed by atoms with Crippen LogP contribution in [0, 0.1) is 5.41 Å².